The number of hydrogen-bond donors (Lipinski definition) is 7. The highest BCUT2D eigenvalue weighted by Gasteiger charge is 2.32. The Bertz CT molecular complexity index is 1450. The van der Waals surface area contributed by atoms with E-state index >= 15 is 0 Å². The predicted molar refractivity (Wildman–Crippen MR) is 119 cm³/mol. The normalized spacial score (nSPS) is 16.8. The average Bonchev–Trinajstić information content (AvgIpc) is 2.79. The fourth-order valence-corrected chi connectivity index (χ4v) is 3.95. The first kappa shape index (κ1) is 27.2. The van der Waals surface area contributed by atoms with Crippen molar-refractivity contribution in [3.8, 4) is 11.3 Å². The van der Waals surface area contributed by atoms with Crippen molar-refractivity contribution in [3.05, 3.63) is 55.3 Å². The predicted octanol–water partition coefficient (Wildman–Crippen LogP) is -2.40. The number of nitrogens with one attached hydrogen (secondary N) is 2. The molecule has 17 heteroatoms. The molecule has 0 amide bonds. The van der Waals surface area contributed by atoms with E-state index in [1.165, 1.54) is 18.2 Å². The van der Waals surface area contributed by atoms with Crippen LogP contribution in [0.25, 0.3) is 22.3 Å². The summed E-state index contributed by atoms with van der Waals surface area (Å²) in [5.74, 6) is -1.55. The van der Waals surface area contributed by atoms with Crippen molar-refractivity contribution in [1.29, 1.82) is 0 Å². The van der Waals surface area contributed by atoms with E-state index in [0.29, 0.717) is 5.56 Å². The van der Waals surface area contributed by atoms with Crippen molar-refractivity contribution < 1.29 is 48.6 Å². The first-order chi connectivity index (χ1) is 16.8. The minimum atomic E-state index is -4.92. The number of fused-ring (bicyclic) bond motifs is 2. The Kier molecular flexibility index (Phi) is 8.10. The van der Waals surface area contributed by atoms with E-state index in [1.807, 2.05) is 4.98 Å². The molecule has 1 aromatic heterocycles. The molecule has 196 valence electrons. The van der Waals surface area contributed by atoms with Crippen LogP contribution >= 0.6 is 7.82 Å². The molecule has 7 N–H and O–H groups in total. The Morgan fingerprint density at radius 1 is 1.08 bits per heavy atom. The lowest BCUT2D eigenvalue weighted by Gasteiger charge is -2.25. The molecule has 0 saturated heterocycles. The maximum absolute atomic E-state index is 12.2. The zero-order valence-corrected chi connectivity index (χ0v) is 19.3. The van der Waals surface area contributed by atoms with Gasteiger partial charge in [0, 0.05) is 11.6 Å². The second kappa shape index (κ2) is 10.7. The summed E-state index contributed by atoms with van der Waals surface area (Å²) in [6.07, 6.45) is -7.54. The lowest BCUT2D eigenvalue weighted by Crippen LogP contribution is -2.44. The SMILES string of the molecule is C[C@H](OP(=O)(O)OC[C@H](O)[C@@H](O)[C@@H](O)COn1c2cc(=O)ccc-2cc2c(=O)[nH]c(=O)[nH]c21)C(=O)O. The van der Waals surface area contributed by atoms with E-state index in [0.717, 1.165) is 17.7 Å². The minimum absolute atomic E-state index is 0.0292. The topological polar surface area (TPSA) is 251 Å². The number of H-pyrrole nitrogens is 2. The number of phosphoric ester groups is 1. The van der Waals surface area contributed by atoms with Crippen LogP contribution < -0.4 is 21.5 Å². The first-order valence-corrected chi connectivity index (χ1v) is 11.7. The number of aliphatic hydroxyl groups is 3. The summed E-state index contributed by atoms with van der Waals surface area (Å²) >= 11 is 0. The van der Waals surface area contributed by atoms with Gasteiger partial charge in [0.2, 0.25) is 0 Å². The van der Waals surface area contributed by atoms with Gasteiger partial charge in [0.15, 0.2) is 17.2 Å². The number of aliphatic hydroxyl groups excluding tert-OH is 3. The number of carboxylic acids is 1. The van der Waals surface area contributed by atoms with Crippen molar-refractivity contribution in [2.24, 2.45) is 0 Å². The number of benzene rings is 1. The largest absolute Gasteiger partial charge is 0.479 e. The quantitative estimate of drug-likeness (QED) is 0.101. The molecule has 0 radical (unpaired) electrons. The van der Waals surface area contributed by atoms with Gasteiger partial charge in [-0.2, -0.15) is 4.73 Å². The second-order valence-electron chi connectivity index (χ2n) is 7.60. The number of rotatable bonds is 11. The lowest BCUT2D eigenvalue weighted by atomic mass is 10.1. The minimum Gasteiger partial charge on any atom is -0.479 e. The van der Waals surface area contributed by atoms with E-state index in [1.54, 1.807) is 0 Å². The van der Waals surface area contributed by atoms with Gasteiger partial charge >= 0.3 is 19.5 Å². The van der Waals surface area contributed by atoms with Crippen molar-refractivity contribution in [1.82, 2.24) is 14.7 Å². The Morgan fingerprint density at radius 2 is 1.75 bits per heavy atom. The van der Waals surface area contributed by atoms with Gasteiger partial charge in [-0.25, -0.2) is 14.2 Å². The number of carboxylic acid groups (broad SMARTS) is 1. The number of pyridine rings is 1. The van der Waals surface area contributed by atoms with Crippen LogP contribution in [-0.2, 0) is 18.4 Å². The third-order valence-corrected chi connectivity index (χ3v) is 5.95. The second-order valence-corrected chi connectivity index (χ2v) is 9.01. The van der Waals surface area contributed by atoms with Gasteiger partial charge in [-0.05, 0) is 25.1 Å². The molecule has 3 rings (SSSR count). The molecule has 16 nitrogen and oxygen atoms in total. The summed E-state index contributed by atoms with van der Waals surface area (Å²) < 4.78 is 21.4. The molecule has 2 heterocycles. The van der Waals surface area contributed by atoms with Crippen LogP contribution in [-0.4, -0.2) is 83.6 Å². The summed E-state index contributed by atoms with van der Waals surface area (Å²) in [7, 11) is -4.92. The van der Waals surface area contributed by atoms with Crippen LogP contribution in [0.1, 0.15) is 6.92 Å². The first-order valence-electron chi connectivity index (χ1n) is 10.2. The van der Waals surface area contributed by atoms with Crippen LogP contribution in [0.2, 0.25) is 0 Å². The number of aromatic nitrogens is 3. The Morgan fingerprint density at radius 3 is 2.42 bits per heavy atom. The molecule has 1 unspecified atom stereocenters. The van der Waals surface area contributed by atoms with Gasteiger partial charge in [0.25, 0.3) is 5.56 Å². The van der Waals surface area contributed by atoms with E-state index in [2.05, 4.69) is 14.0 Å². The van der Waals surface area contributed by atoms with E-state index in [4.69, 9.17) is 9.94 Å². The number of aliphatic carboxylic acids is 1. The van der Waals surface area contributed by atoms with E-state index in [-0.39, 0.29) is 16.7 Å². The zero-order chi connectivity index (χ0) is 26.8. The highest BCUT2D eigenvalue weighted by atomic mass is 31.2. The van der Waals surface area contributed by atoms with Crippen LogP contribution in [0.3, 0.4) is 0 Å². The number of nitrogens with zero attached hydrogens (tertiary/aromatic N) is 1. The number of phosphoric acid groups is 1. The summed E-state index contributed by atoms with van der Waals surface area (Å²) in [5.41, 5.74) is -1.79. The van der Waals surface area contributed by atoms with Crippen molar-refractivity contribution >= 4 is 24.8 Å². The number of hydrogen-bond acceptors (Lipinski definition) is 11. The molecule has 36 heavy (non-hydrogen) atoms. The number of carbonyl (C=O) groups is 1. The summed E-state index contributed by atoms with van der Waals surface area (Å²) in [4.78, 5) is 65.9. The summed E-state index contributed by atoms with van der Waals surface area (Å²) in [6.45, 7) is -0.838. The van der Waals surface area contributed by atoms with Gasteiger partial charge in [-0.3, -0.25) is 28.6 Å². The third-order valence-electron chi connectivity index (χ3n) is 4.89. The monoisotopic (exact) mass is 531 g/mol. The van der Waals surface area contributed by atoms with Crippen LogP contribution in [0.5, 0.6) is 0 Å². The highest BCUT2D eigenvalue weighted by molar-refractivity contribution is 7.47. The molecule has 0 bridgehead atoms. The highest BCUT2D eigenvalue weighted by Crippen LogP contribution is 2.44. The molecule has 0 aromatic carbocycles. The van der Waals surface area contributed by atoms with Crippen LogP contribution in [0.15, 0.2) is 38.6 Å². The molecule has 0 saturated carbocycles. The molecule has 0 spiro atoms. The Labute approximate surface area is 199 Å². The zero-order valence-electron chi connectivity index (χ0n) is 18.4. The molecule has 2 aliphatic rings. The molecule has 0 fully saturated rings. The van der Waals surface area contributed by atoms with Crippen molar-refractivity contribution in [3.63, 3.8) is 0 Å². The maximum Gasteiger partial charge on any atom is 0.473 e. The van der Waals surface area contributed by atoms with E-state index in [9.17, 15) is 44.0 Å². The van der Waals surface area contributed by atoms with Crippen molar-refractivity contribution in [2.45, 2.75) is 31.3 Å². The van der Waals surface area contributed by atoms with Gasteiger partial charge in [-0.15, -0.1) is 0 Å². The van der Waals surface area contributed by atoms with E-state index < -0.39 is 68.1 Å². The van der Waals surface area contributed by atoms with Crippen molar-refractivity contribution in [2.75, 3.05) is 13.2 Å². The van der Waals surface area contributed by atoms with Gasteiger partial charge in [0.1, 0.15) is 24.9 Å². The van der Waals surface area contributed by atoms with Gasteiger partial charge < -0.3 is 30.2 Å². The van der Waals surface area contributed by atoms with Crippen LogP contribution in [0, 0.1) is 0 Å². The van der Waals surface area contributed by atoms with Crippen LogP contribution in [0.4, 0.5) is 0 Å². The third kappa shape index (κ3) is 6.24. The maximum atomic E-state index is 12.2. The molecule has 1 aliphatic heterocycles. The smallest absolute Gasteiger partial charge is 0.473 e. The summed E-state index contributed by atoms with van der Waals surface area (Å²) in [6, 6.07) is 5.16. The molecule has 1 aromatic rings. The van der Waals surface area contributed by atoms with Gasteiger partial charge in [-0.1, -0.05) is 0 Å². The summed E-state index contributed by atoms with van der Waals surface area (Å²) in [5, 5.41) is 39.1. The fourth-order valence-electron chi connectivity index (χ4n) is 3.06. The standard InChI is InChI=1S/C19H22N3O13P/c1-8(18(28)29)35-36(31,32)34-7-14(25)15(26)13(24)6-33-22-12-5-10(23)3-2-9(12)4-11-16(22)20-19(30)21-17(11)27/h2-5,8,13-15,24-26H,6-7H2,1H3,(H,28,29)(H,31,32)(H2,20,21,27,30)/t8-,13-,14-,15-/m0/s1. The lowest BCUT2D eigenvalue weighted by molar-refractivity contribution is -0.145. The Hall–Kier alpha value is -3.37. The number of aromatic amines is 2. The van der Waals surface area contributed by atoms with Gasteiger partial charge in [0.05, 0.1) is 17.7 Å². The molecule has 5 atom stereocenters. The Balaban J connectivity index is 1.77. The molecular weight excluding hydrogens is 509 g/mol. The average molecular weight is 531 g/mol. The fraction of sp³-hybridized carbons (Fsp3) is 0.368. The molecular formula is C19H22N3O13P. The molecule has 1 aliphatic carbocycles.